The van der Waals surface area contributed by atoms with Crippen molar-refractivity contribution in [2.45, 2.75) is 11.4 Å². The van der Waals surface area contributed by atoms with Gasteiger partial charge < -0.3 is 5.73 Å². The molecule has 3 rings (SSSR count). The largest absolute Gasteiger partial charge is 0.325 e. The number of halogens is 1. The zero-order chi connectivity index (χ0) is 16.6. The first-order valence-electron chi connectivity index (χ1n) is 6.99. The molecule has 2 aromatic carbocycles. The van der Waals surface area contributed by atoms with Crippen molar-refractivity contribution in [3.63, 3.8) is 0 Å². The summed E-state index contributed by atoms with van der Waals surface area (Å²) in [5.74, 6) is -0.430. The number of aromatic nitrogens is 1. The van der Waals surface area contributed by atoms with Crippen LogP contribution in [0.3, 0.4) is 0 Å². The summed E-state index contributed by atoms with van der Waals surface area (Å²) in [4.78, 5) is 4.50. The third-order valence-electron chi connectivity index (χ3n) is 3.65. The minimum absolute atomic E-state index is 0.0811. The average molecular weight is 330 g/mol. The maximum atomic E-state index is 13.9. The average Bonchev–Trinajstić information content (AvgIpc) is 2.53. The number of fused-ring (bicyclic) bond motifs is 1. The molecule has 0 radical (unpaired) electrons. The molecule has 2 N–H and O–H groups in total. The first kappa shape index (κ1) is 15.6. The third kappa shape index (κ3) is 2.83. The smallest absolute Gasteiger partial charge is 0.176 e. The first-order chi connectivity index (χ1) is 10.9. The van der Waals surface area contributed by atoms with Crippen LogP contribution in [0.5, 0.6) is 0 Å². The van der Waals surface area contributed by atoms with Crippen LogP contribution in [-0.4, -0.2) is 19.7 Å². The standard InChI is InChI=1S/C17H15FN2O2S/c1-23(21,22)16-8-3-2-6-12(16)13-9-11-5-4-7-14(18)17(11)20-15(13)10-19/h2-9H,10,19H2,1H3. The number of nitrogens with two attached hydrogens (primary N) is 1. The van der Waals surface area contributed by atoms with E-state index < -0.39 is 15.7 Å². The molecule has 1 aromatic heterocycles. The zero-order valence-corrected chi connectivity index (χ0v) is 13.3. The summed E-state index contributed by atoms with van der Waals surface area (Å²) in [6.07, 6.45) is 1.15. The van der Waals surface area contributed by atoms with Crippen molar-refractivity contribution in [3.8, 4) is 11.1 Å². The topological polar surface area (TPSA) is 73.0 Å². The van der Waals surface area contributed by atoms with Gasteiger partial charge in [-0.25, -0.2) is 17.8 Å². The highest BCUT2D eigenvalue weighted by Gasteiger charge is 2.18. The lowest BCUT2D eigenvalue weighted by Crippen LogP contribution is -2.06. The molecule has 3 aromatic rings. The molecule has 1 heterocycles. The molecule has 0 bridgehead atoms. The van der Waals surface area contributed by atoms with Crippen molar-refractivity contribution in [2.24, 2.45) is 5.73 Å². The van der Waals surface area contributed by atoms with Gasteiger partial charge in [0.05, 0.1) is 10.6 Å². The van der Waals surface area contributed by atoms with E-state index in [-0.39, 0.29) is 17.0 Å². The Morgan fingerprint density at radius 3 is 2.52 bits per heavy atom. The van der Waals surface area contributed by atoms with E-state index in [0.29, 0.717) is 22.2 Å². The predicted molar refractivity (Wildman–Crippen MR) is 88.1 cm³/mol. The van der Waals surface area contributed by atoms with Gasteiger partial charge in [0.25, 0.3) is 0 Å². The van der Waals surface area contributed by atoms with E-state index in [4.69, 9.17) is 5.73 Å². The molecule has 0 aliphatic rings. The summed E-state index contributed by atoms with van der Waals surface area (Å²) in [5.41, 5.74) is 7.57. The Bertz CT molecular complexity index is 1000. The minimum Gasteiger partial charge on any atom is -0.325 e. The van der Waals surface area contributed by atoms with Gasteiger partial charge in [-0.15, -0.1) is 0 Å². The van der Waals surface area contributed by atoms with Gasteiger partial charge in [0.2, 0.25) is 0 Å². The van der Waals surface area contributed by atoms with Crippen LogP contribution in [0, 0.1) is 5.82 Å². The Hall–Kier alpha value is -2.31. The molecule has 0 aliphatic carbocycles. The van der Waals surface area contributed by atoms with E-state index in [2.05, 4.69) is 4.98 Å². The van der Waals surface area contributed by atoms with Gasteiger partial charge in [0.1, 0.15) is 11.3 Å². The molecule has 0 fully saturated rings. The highest BCUT2D eigenvalue weighted by atomic mass is 32.2. The second-order valence-electron chi connectivity index (χ2n) is 5.27. The molecular weight excluding hydrogens is 315 g/mol. The summed E-state index contributed by atoms with van der Waals surface area (Å²) in [6, 6.07) is 13.1. The zero-order valence-electron chi connectivity index (χ0n) is 12.5. The van der Waals surface area contributed by atoms with E-state index in [9.17, 15) is 12.8 Å². The van der Waals surface area contributed by atoms with Gasteiger partial charge in [0.15, 0.2) is 9.84 Å². The van der Waals surface area contributed by atoms with Crippen molar-refractivity contribution in [1.82, 2.24) is 4.98 Å². The Balaban J connectivity index is 2.37. The monoisotopic (exact) mass is 330 g/mol. The summed E-state index contributed by atoms with van der Waals surface area (Å²) < 4.78 is 38.0. The first-order valence-corrected chi connectivity index (χ1v) is 8.88. The van der Waals surface area contributed by atoms with Crippen molar-refractivity contribution in [2.75, 3.05) is 6.26 Å². The minimum atomic E-state index is -3.41. The Morgan fingerprint density at radius 2 is 1.83 bits per heavy atom. The lowest BCUT2D eigenvalue weighted by atomic mass is 10.0. The maximum Gasteiger partial charge on any atom is 0.176 e. The number of pyridine rings is 1. The van der Waals surface area contributed by atoms with Crippen molar-refractivity contribution >= 4 is 20.7 Å². The van der Waals surface area contributed by atoms with E-state index in [1.165, 1.54) is 6.07 Å². The summed E-state index contributed by atoms with van der Waals surface area (Å²) in [6.45, 7) is 0.0811. The number of benzene rings is 2. The van der Waals surface area contributed by atoms with Crippen LogP contribution in [0.15, 0.2) is 53.4 Å². The van der Waals surface area contributed by atoms with E-state index in [1.54, 1.807) is 42.5 Å². The fourth-order valence-corrected chi connectivity index (χ4v) is 3.50. The number of hydrogen-bond donors (Lipinski definition) is 1. The Kier molecular flexibility index (Phi) is 3.87. The van der Waals surface area contributed by atoms with E-state index >= 15 is 0 Å². The summed E-state index contributed by atoms with van der Waals surface area (Å²) in [7, 11) is -3.41. The van der Waals surface area contributed by atoms with Gasteiger partial charge >= 0.3 is 0 Å². The molecule has 0 amide bonds. The second kappa shape index (κ2) is 5.72. The molecule has 0 spiro atoms. The van der Waals surface area contributed by atoms with Crippen LogP contribution >= 0.6 is 0 Å². The van der Waals surface area contributed by atoms with Gasteiger partial charge in [-0.1, -0.05) is 30.3 Å². The summed E-state index contributed by atoms with van der Waals surface area (Å²) >= 11 is 0. The number of nitrogens with zero attached hydrogens (tertiary/aromatic N) is 1. The molecule has 0 saturated carbocycles. The van der Waals surface area contributed by atoms with Gasteiger partial charge in [-0.3, -0.25) is 0 Å². The highest BCUT2D eigenvalue weighted by molar-refractivity contribution is 7.90. The molecule has 0 atom stereocenters. The third-order valence-corrected chi connectivity index (χ3v) is 4.80. The predicted octanol–water partition coefficient (Wildman–Crippen LogP) is 2.90. The van der Waals surface area contributed by atoms with Crippen LogP contribution in [0.4, 0.5) is 4.39 Å². The Labute approximate surface area is 133 Å². The summed E-state index contributed by atoms with van der Waals surface area (Å²) in [5, 5.41) is 0.598. The van der Waals surface area contributed by atoms with Crippen LogP contribution in [-0.2, 0) is 16.4 Å². The number of rotatable bonds is 3. The number of para-hydroxylation sites is 1. The molecule has 23 heavy (non-hydrogen) atoms. The van der Waals surface area contributed by atoms with Crippen LogP contribution in [0.1, 0.15) is 5.69 Å². The molecule has 4 nitrogen and oxygen atoms in total. The molecular formula is C17H15FN2O2S. The lowest BCUT2D eigenvalue weighted by Gasteiger charge is -2.13. The fraction of sp³-hybridized carbons (Fsp3) is 0.118. The van der Waals surface area contributed by atoms with Crippen LogP contribution < -0.4 is 5.73 Å². The van der Waals surface area contributed by atoms with Gasteiger partial charge in [-0.2, -0.15) is 0 Å². The lowest BCUT2D eigenvalue weighted by molar-refractivity contribution is 0.602. The molecule has 0 unspecified atom stereocenters. The van der Waals surface area contributed by atoms with E-state index in [1.807, 2.05) is 0 Å². The fourth-order valence-electron chi connectivity index (χ4n) is 2.60. The van der Waals surface area contributed by atoms with Gasteiger partial charge in [0, 0.05) is 29.3 Å². The molecule has 118 valence electrons. The molecule has 0 aliphatic heterocycles. The quantitative estimate of drug-likeness (QED) is 0.801. The maximum absolute atomic E-state index is 13.9. The Morgan fingerprint density at radius 1 is 1.09 bits per heavy atom. The van der Waals surface area contributed by atoms with E-state index in [0.717, 1.165) is 6.26 Å². The number of sulfone groups is 1. The van der Waals surface area contributed by atoms with Crippen molar-refractivity contribution < 1.29 is 12.8 Å². The van der Waals surface area contributed by atoms with Crippen molar-refractivity contribution in [1.29, 1.82) is 0 Å². The molecule has 6 heteroatoms. The molecule has 0 saturated heterocycles. The van der Waals surface area contributed by atoms with Crippen LogP contribution in [0.25, 0.3) is 22.0 Å². The normalized spacial score (nSPS) is 11.8. The van der Waals surface area contributed by atoms with Crippen LogP contribution in [0.2, 0.25) is 0 Å². The SMILES string of the molecule is CS(=O)(=O)c1ccccc1-c1cc2cccc(F)c2nc1CN. The second-order valence-corrected chi connectivity index (χ2v) is 7.25. The van der Waals surface area contributed by atoms with Crippen molar-refractivity contribution in [3.05, 3.63) is 60.0 Å². The number of hydrogen-bond acceptors (Lipinski definition) is 4. The highest BCUT2D eigenvalue weighted by Crippen LogP contribution is 2.32. The van der Waals surface area contributed by atoms with Gasteiger partial charge in [-0.05, 0) is 18.2 Å².